The summed E-state index contributed by atoms with van der Waals surface area (Å²) in [7, 11) is 0. The van der Waals surface area contributed by atoms with Gasteiger partial charge in [-0.25, -0.2) is 13.8 Å². The SMILES string of the molecule is CCOc1ncc(C2(O)CCCC3CN(Cc4cc(F)cc(F)c4)CC32)c(OCC)n1. The van der Waals surface area contributed by atoms with Gasteiger partial charge in [-0.05, 0) is 56.7 Å². The molecule has 31 heavy (non-hydrogen) atoms. The van der Waals surface area contributed by atoms with Crippen LogP contribution in [0.1, 0.15) is 44.2 Å². The number of benzene rings is 1. The first-order chi connectivity index (χ1) is 14.9. The monoisotopic (exact) mass is 433 g/mol. The molecule has 3 unspecified atom stereocenters. The van der Waals surface area contributed by atoms with Crippen LogP contribution in [-0.2, 0) is 12.1 Å². The average Bonchev–Trinajstić information content (AvgIpc) is 3.12. The Hall–Kier alpha value is -2.32. The Morgan fingerprint density at radius 1 is 1.13 bits per heavy atom. The Labute approximate surface area is 181 Å². The molecule has 1 saturated carbocycles. The molecule has 1 aliphatic heterocycles. The Morgan fingerprint density at radius 3 is 2.58 bits per heavy atom. The second-order valence-electron chi connectivity index (χ2n) is 8.39. The fourth-order valence-corrected chi connectivity index (χ4v) is 5.13. The Morgan fingerprint density at radius 2 is 1.87 bits per heavy atom. The van der Waals surface area contributed by atoms with E-state index in [0.717, 1.165) is 25.5 Å². The predicted molar refractivity (Wildman–Crippen MR) is 111 cm³/mol. The summed E-state index contributed by atoms with van der Waals surface area (Å²) in [6.07, 6.45) is 4.09. The van der Waals surface area contributed by atoms with Crippen LogP contribution in [0.2, 0.25) is 0 Å². The normalized spacial score (nSPS) is 26.0. The van der Waals surface area contributed by atoms with Gasteiger partial charge in [-0.15, -0.1) is 0 Å². The first kappa shape index (κ1) is 21.9. The van der Waals surface area contributed by atoms with E-state index in [1.54, 1.807) is 6.20 Å². The number of halogens is 2. The van der Waals surface area contributed by atoms with Crippen molar-refractivity contribution in [3.8, 4) is 11.9 Å². The number of nitrogens with zero attached hydrogens (tertiary/aromatic N) is 3. The van der Waals surface area contributed by atoms with Crippen LogP contribution in [0.25, 0.3) is 0 Å². The summed E-state index contributed by atoms with van der Waals surface area (Å²) in [4.78, 5) is 10.8. The number of likely N-dealkylation sites (tertiary alicyclic amines) is 1. The molecule has 2 aliphatic rings. The second-order valence-corrected chi connectivity index (χ2v) is 8.39. The molecule has 2 heterocycles. The van der Waals surface area contributed by atoms with Gasteiger partial charge in [-0.1, -0.05) is 0 Å². The van der Waals surface area contributed by atoms with Crippen molar-refractivity contribution in [1.82, 2.24) is 14.9 Å². The van der Waals surface area contributed by atoms with Crippen molar-refractivity contribution in [2.45, 2.75) is 45.3 Å². The highest BCUT2D eigenvalue weighted by atomic mass is 19.1. The van der Waals surface area contributed by atoms with Crippen LogP contribution in [0, 0.1) is 23.5 Å². The summed E-state index contributed by atoms with van der Waals surface area (Å²) in [6.45, 7) is 6.41. The van der Waals surface area contributed by atoms with Crippen molar-refractivity contribution >= 4 is 0 Å². The molecule has 1 aromatic heterocycles. The lowest BCUT2D eigenvalue weighted by molar-refractivity contribution is -0.0672. The minimum Gasteiger partial charge on any atom is -0.478 e. The van der Waals surface area contributed by atoms with Crippen LogP contribution >= 0.6 is 0 Å². The van der Waals surface area contributed by atoms with Crippen molar-refractivity contribution in [1.29, 1.82) is 0 Å². The van der Waals surface area contributed by atoms with Crippen LogP contribution in [0.15, 0.2) is 24.4 Å². The molecule has 1 saturated heterocycles. The zero-order chi connectivity index (χ0) is 22.0. The number of aliphatic hydroxyl groups is 1. The molecule has 4 rings (SSSR count). The van der Waals surface area contributed by atoms with Gasteiger partial charge in [0.1, 0.15) is 17.2 Å². The topological polar surface area (TPSA) is 67.7 Å². The molecule has 2 aromatic rings. The van der Waals surface area contributed by atoms with Gasteiger partial charge >= 0.3 is 6.01 Å². The average molecular weight is 433 g/mol. The molecule has 0 spiro atoms. The molecular formula is C23H29F2N3O3. The summed E-state index contributed by atoms with van der Waals surface area (Å²) in [6, 6.07) is 3.84. The van der Waals surface area contributed by atoms with Gasteiger partial charge in [0.2, 0.25) is 5.88 Å². The van der Waals surface area contributed by atoms with E-state index in [9.17, 15) is 13.9 Å². The summed E-state index contributed by atoms with van der Waals surface area (Å²) >= 11 is 0. The van der Waals surface area contributed by atoms with Gasteiger partial charge in [0.25, 0.3) is 0 Å². The van der Waals surface area contributed by atoms with Crippen LogP contribution in [0.3, 0.4) is 0 Å². The van der Waals surface area contributed by atoms with Gasteiger partial charge in [0.15, 0.2) is 0 Å². The summed E-state index contributed by atoms with van der Waals surface area (Å²) in [5.74, 6) is -0.555. The molecule has 6 nitrogen and oxygen atoms in total. The lowest BCUT2D eigenvalue weighted by Crippen LogP contribution is -2.43. The largest absolute Gasteiger partial charge is 0.478 e. The van der Waals surface area contributed by atoms with Gasteiger partial charge < -0.3 is 14.6 Å². The van der Waals surface area contributed by atoms with Crippen molar-refractivity contribution in [3.05, 3.63) is 47.2 Å². The molecule has 1 aliphatic carbocycles. The van der Waals surface area contributed by atoms with Crippen LogP contribution in [-0.4, -0.2) is 46.3 Å². The van der Waals surface area contributed by atoms with Crippen molar-refractivity contribution < 1.29 is 23.4 Å². The van der Waals surface area contributed by atoms with E-state index in [0.29, 0.717) is 49.7 Å². The highest BCUT2D eigenvalue weighted by Gasteiger charge is 2.51. The molecule has 2 fully saturated rings. The quantitative estimate of drug-likeness (QED) is 0.719. The fourth-order valence-electron chi connectivity index (χ4n) is 5.13. The van der Waals surface area contributed by atoms with E-state index >= 15 is 0 Å². The number of aromatic nitrogens is 2. The van der Waals surface area contributed by atoms with Gasteiger partial charge in [-0.2, -0.15) is 4.98 Å². The molecular weight excluding hydrogens is 404 g/mol. The highest BCUT2D eigenvalue weighted by molar-refractivity contribution is 5.33. The standard InChI is InChI=1S/C23H29F2N3O3/c1-3-30-21-19(11-26-22(27-21)31-4-2)23(29)7-5-6-16-13-28(14-20(16)23)12-15-8-17(24)10-18(25)9-15/h8-11,16,20,29H,3-7,12-14H2,1-2H3. The summed E-state index contributed by atoms with van der Waals surface area (Å²) in [5, 5.41) is 11.9. The third-order valence-corrected chi connectivity index (χ3v) is 6.34. The minimum absolute atomic E-state index is 0.0413. The molecule has 0 bridgehead atoms. The molecule has 3 atom stereocenters. The lowest BCUT2D eigenvalue weighted by Gasteiger charge is -2.41. The highest BCUT2D eigenvalue weighted by Crippen LogP contribution is 2.50. The molecule has 1 N–H and O–H groups in total. The zero-order valence-electron chi connectivity index (χ0n) is 18.0. The van der Waals surface area contributed by atoms with Gasteiger partial charge in [0.05, 0.1) is 18.8 Å². The zero-order valence-corrected chi connectivity index (χ0v) is 18.0. The van der Waals surface area contributed by atoms with Gasteiger partial charge in [0, 0.05) is 37.8 Å². The summed E-state index contributed by atoms with van der Waals surface area (Å²) < 4.78 is 38.4. The number of fused-ring (bicyclic) bond motifs is 1. The van der Waals surface area contributed by atoms with Crippen LogP contribution < -0.4 is 9.47 Å². The maximum Gasteiger partial charge on any atom is 0.319 e. The van der Waals surface area contributed by atoms with Crippen molar-refractivity contribution in [2.24, 2.45) is 11.8 Å². The van der Waals surface area contributed by atoms with Gasteiger partial charge in [-0.3, -0.25) is 4.90 Å². The maximum atomic E-state index is 13.6. The summed E-state index contributed by atoms with van der Waals surface area (Å²) in [5.41, 5.74) is 0.0605. The minimum atomic E-state index is -1.12. The van der Waals surface area contributed by atoms with Crippen molar-refractivity contribution in [2.75, 3.05) is 26.3 Å². The Bertz CT molecular complexity index is 909. The Kier molecular flexibility index (Phi) is 6.39. The fraction of sp³-hybridized carbons (Fsp3) is 0.565. The van der Waals surface area contributed by atoms with Crippen LogP contribution in [0.4, 0.5) is 8.78 Å². The van der Waals surface area contributed by atoms with E-state index in [1.807, 2.05) is 13.8 Å². The lowest BCUT2D eigenvalue weighted by atomic mass is 9.68. The number of ether oxygens (including phenoxy) is 2. The first-order valence-electron chi connectivity index (χ1n) is 11.0. The first-order valence-corrected chi connectivity index (χ1v) is 11.0. The van der Waals surface area contributed by atoms with E-state index in [1.165, 1.54) is 12.1 Å². The van der Waals surface area contributed by atoms with Crippen molar-refractivity contribution in [3.63, 3.8) is 0 Å². The molecule has 1 aromatic carbocycles. The predicted octanol–water partition coefficient (Wildman–Crippen LogP) is 3.67. The van der Waals surface area contributed by atoms with E-state index in [-0.39, 0.29) is 17.8 Å². The van der Waals surface area contributed by atoms with E-state index < -0.39 is 17.2 Å². The second kappa shape index (κ2) is 9.04. The number of hydrogen-bond donors (Lipinski definition) is 1. The smallest absolute Gasteiger partial charge is 0.319 e. The molecule has 168 valence electrons. The molecule has 0 amide bonds. The number of hydrogen-bond acceptors (Lipinski definition) is 6. The third-order valence-electron chi connectivity index (χ3n) is 6.34. The van der Waals surface area contributed by atoms with Crippen LogP contribution in [0.5, 0.6) is 11.9 Å². The van der Waals surface area contributed by atoms with E-state index in [4.69, 9.17) is 9.47 Å². The Balaban J connectivity index is 1.59. The maximum absolute atomic E-state index is 13.6. The third kappa shape index (κ3) is 4.50. The van der Waals surface area contributed by atoms with E-state index in [2.05, 4.69) is 14.9 Å². The number of rotatable bonds is 7. The molecule has 0 radical (unpaired) electrons. The molecule has 8 heteroatoms.